The highest BCUT2D eigenvalue weighted by molar-refractivity contribution is 7.81. The molecule has 0 saturated carbocycles. The van der Waals surface area contributed by atoms with Gasteiger partial charge >= 0.3 is 0 Å². The van der Waals surface area contributed by atoms with E-state index in [4.69, 9.17) is 0 Å². The van der Waals surface area contributed by atoms with E-state index in [1.54, 1.807) is 0 Å². The standard InChI is InChI=1S/C11H14FNS/c12-10-3-1-9(2-4-10)7-13-6-5-11(14)8-13/h1-4,11,14H,5-8H2. The molecule has 0 aliphatic carbocycles. The predicted octanol–water partition coefficient (Wildman–Crippen LogP) is 2.33. The summed E-state index contributed by atoms with van der Waals surface area (Å²) in [6.45, 7) is 3.06. The molecule has 1 aromatic carbocycles. The Kier molecular flexibility index (Phi) is 3.08. The summed E-state index contributed by atoms with van der Waals surface area (Å²) < 4.78 is 12.6. The van der Waals surface area contributed by atoms with Gasteiger partial charge in [-0.15, -0.1) is 0 Å². The van der Waals surface area contributed by atoms with Gasteiger partial charge < -0.3 is 0 Å². The first kappa shape index (κ1) is 9.99. The Morgan fingerprint density at radius 3 is 2.64 bits per heavy atom. The largest absolute Gasteiger partial charge is 0.298 e. The Labute approximate surface area is 89.3 Å². The molecule has 0 amide bonds. The lowest BCUT2D eigenvalue weighted by Crippen LogP contribution is -2.20. The molecule has 1 aliphatic rings. The van der Waals surface area contributed by atoms with E-state index in [9.17, 15) is 4.39 Å². The Morgan fingerprint density at radius 1 is 1.36 bits per heavy atom. The van der Waals surface area contributed by atoms with Crippen LogP contribution in [0.3, 0.4) is 0 Å². The van der Waals surface area contributed by atoms with Gasteiger partial charge in [-0.2, -0.15) is 12.6 Å². The fourth-order valence-corrected chi connectivity index (χ4v) is 2.15. The van der Waals surface area contributed by atoms with Crippen LogP contribution < -0.4 is 0 Å². The van der Waals surface area contributed by atoms with Crippen LogP contribution in [-0.2, 0) is 6.54 Å². The van der Waals surface area contributed by atoms with Crippen LogP contribution >= 0.6 is 12.6 Å². The van der Waals surface area contributed by atoms with Crippen LogP contribution in [0.25, 0.3) is 0 Å². The van der Waals surface area contributed by atoms with Crippen molar-refractivity contribution < 1.29 is 4.39 Å². The summed E-state index contributed by atoms with van der Waals surface area (Å²) in [5.74, 6) is -0.165. The molecule has 1 nitrogen and oxygen atoms in total. The molecular weight excluding hydrogens is 197 g/mol. The monoisotopic (exact) mass is 211 g/mol. The predicted molar refractivity (Wildman–Crippen MR) is 59.1 cm³/mol. The lowest BCUT2D eigenvalue weighted by atomic mass is 10.2. The second-order valence-electron chi connectivity index (χ2n) is 3.80. The highest BCUT2D eigenvalue weighted by atomic mass is 32.1. The average molecular weight is 211 g/mol. The molecule has 1 fully saturated rings. The molecule has 0 bridgehead atoms. The van der Waals surface area contributed by atoms with Crippen LogP contribution in [0.15, 0.2) is 24.3 Å². The van der Waals surface area contributed by atoms with E-state index in [0.717, 1.165) is 26.1 Å². The van der Waals surface area contributed by atoms with Crippen molar-refractivity contribution in [1.82, 2.24) is 4.90 Å². The van der Waals surface area contributed by atoms with Crippen molar-refractivity contribution in [3.63, 3.8) is 0 Å². The molecule has 1 heterocycles. The summed E-state index contributed by atoms with van der Waals surface area (Å²) in [6.07, 6.45) is 1.16. The third-order valence-electron chi connectivity index (χ3n) is 2.57. The molecule has 0 radical (unpaired) electrons. The Hall–Kier alpha value is -0.540. The van der Waals surface area contributed by atoms with E-state index >= 15 is 0 Å². The van der Waals surface area contributed by atoms with Gasteiger partial charge in [-0.1, -0.05) is 12.1 Å². The second kappa shape index (κ2) is 4.32. The maximum absolute atomic E-state index is 12.6. The zero-order valence-corrected chi connectivity index (χ0v) is 8.88. The number of thiol groups is 1. The second-order valence-corrected chi connectivity index (χ2v) is 4.53. The van der Waals surface area contributed by atoms with Crippen molar-refractivity contribution in [3.05, 3.63) is 35.6 Å². The van der Waals surface area contributed by atoms with Crippen LogP contribution in [0.1, 0.15) is 12.0 Å². The molecule has 0 spiro atoms. The number of nitrogens with zero attached hydrogens (tertiary/aromatic N) is 1. The SMILES string of the molecule is Fc1ccc(CN2CCC(S)C2)cc1. The maximum atomic E-state index is 12.6. The van der Waals surface area contributed by atoms with Crippen LogP contribution in [0.5, 0.6) is 0 Å². The van der Waals surface area contributed by atoms with Gasteiger partial charge in [0.15, 0.2) is 0 Å². The Morgan fingerprint density at radius 2 is 2.07 bits per heavy atom. The number of hydrogen-bond donors (Lipinski definition) is 1. The molecule has 0 N–H and O–H groups in total. The third-order valence-corrected chi connectivity index (χ3v) is 2.99. The highest BCUT2D eigenvalue weighted by Gasteiger charge is 2.18. The van der Waals surface area contributed by atoms with Gasteiger partial charge in [-0.25, -0.2) is 4.39 Å². The number of halogens is 1. The summed E-state index contributed by atoms with van der Waals surface area (Å²) in [7, 11) is 0. The molecule has 1 atom stereocenters. The van der Waals surface area contributed by atoms with Crippen molar-refractivity contribution in [2.45, 2.75) is 18.2 Å². The van der Waals surface area contributed by atoms with E-state index in [0.29, 0.717) is 5.25 Å². The van der Waals surface area contributed by atoms with E-state index in [1.165, 1.54) is 17.7 Å². The first-order chi connectivity index (χ1) is 6.74. The third kappa shape index (κ3) is 2.49. The number of likely N-dealkylation sites (tertiary alicyclic amines) is 1. The van der Waals surface area contributed by atoms with Crippen molar-refractivity contribution in [3.8, 4) is 0 Å². The van der Waals surface area contributed by atoms with Gasteiger partial charge in [0.05, 0.1) is 0 Å². The molecular formula is C11H14FNS. The first-order valence-electron chi connectivity index (χ1n) is 4.89. The number of hydrogen-bond acceptors (Lipinski definition) is 2. The topological polar surface area (TPSA) is 3.24 Å². The van der Waals surface area contributed by atoms with E-state index in [1.807, 2.05) is 12.1 Å². The Balaban J connectivity index is 1.94. The molecule has 0 aromatic heterocycles. The van der Waals surface area contributed by atoms with Gasteiger partial charge in [0, 0.05) is 18.3 Å². The van der Waals surface area contributed by atoms with Gasteiger partial charge in [-0.3, -0.25) is 4.90 Å². The minimum atomic E-state index is -0.165. The summed E-state index contributed by atoms with van der Waals surface area (Å²) in [5, 5.41) is 0.510. The van der Waals surface area contributed by atoms with Gasteiger partial charge in [0.25, 0.3) is 0 Å². The highest BCUT2D eigenvalue weighted by Crippen LogP contribution is 2.17. The number of rotatable bonds is 2. The van der Waals surface area contributed by atoms with Crippen molar-refractivity contribution >= 4 is 12.6 Å². The van der Waals surface area contributed by atoms with Crippen molar-refractivity contribution in [2.75, 3.05) is 13.1 Å². The zero-order chi connectivity index (χ0) is 9.97. The minimum absolute atomic E-state index is 0.165. The molecule has 1 aromatic rings. The molecule has 14 heavy (non-hydrogen) atoms. The van der Waals surface area contributed by atoms with Gasteiger partial charge in [0.1, 0.15) is 5.82 Å². The van der Waals surface area contributed by atoms with Crippen LogP contribution in [0.2, 0.25) is 0 Å². The molecule has 1 unspecified atom stereocenters. The lowest BCUT2D eigenvalue weighted by Gasteiger charge is -2.14. The van der Waals surface area contributed by atoms with Crippen LogP contribution in [0, 0.1) is 5.82 Å². The maximum Gasteiger partial charge on any atom is 0.123 e. The van der Waals surface area contributed by atoms with E-state index in [2.05, 4.69) is 17.5 Å². The van der Waals surface area contributed by atoms with Gasteiger partial charge in [0.2, 0.25) is 0 Å². The van der Waals surface area contributed by atoms with Crippen molar-refractivity contribution in [1.29, 1.82) is 0 Å². The molecule has 2 rings (SSSR count). The fourth-order valence-electron chi connectivity index (χ4n) is 1.80. The molecule has 3 heteroatoms. The van der Waals surface area contributed by atoms with Crippen LogP contribution in [0.4, 0.5) is 4.39 Å². The van der Waals surface area contributed by atoms with Gasteiger partial charge in [-0.05, 0) is 30.7 Å². The quantitative estimate of drug-likeness (QED) is 0.735. The summed E-state index contributed by atoms with van der Waals surface area (Å²) in [6, 6.07) is 6.73. The zero-order valence-electron chi connectivity index (χ0n) is 7.99. The minimum Gasteiger partial charge on any atom is -0.298 e. The van der Waals surface area contributed by atoms with E-state index in [-0.39, 0.29) is 5.82 Å². The average Bonchev–Trinajstić information content (AvgIpc) is 2.56. The molecule has 1 saturated heterocycles. The first-order valence-corrected chi connectivity index (χ1v) is 5.40. The molecule has 1 aliphatic heterocycles. The van der Waals surface area contributed by atoms with Crippen molar-refractivity contribution in [2.24, 2.45) is 0 Å². The smallest absolute Gasteiger partial charge is 0.123 e. The Bertz CT molecular complexity index is 299. The van der Waals surface area contributed by atoms with Crippen LogP contribution in [-0.4, -0.2) is 23.2 Å². The molecule has 76 valence electrons. The summed E-state index contributed by atoms with van der Waals surface area (Å²) in [5.41, 5.74) is 1.17. The number of benzene rings is 1. The fraction of sp³-hybridized carbons (Fsp3) is 0.455. The summed E-state index contributed by atoms with van der Waals surface area (Å²) in [4.78, 5) is 2.35. The summed E-state index contributed by atoms with van der Waals surface area (Å²) >= 11 is 4.43. The normalized spacial score (nSPS) is 22.9. The lowest BCUT2D eigenvalue weighted by molar-refractivity contribution is 0.332. The van der Waals surface area contributed by atoms with E-state index < -0.39 is 0 Å².